The summed E-state index contributed by atoms with van der Waals surface area (Å²) in [7, 11) is 0. The van der Waals surface area contributed by atoms with Crippen LogP contribution in [0.3, 0.4) is 0 Å². The van der Waals surface area contributed by atoms with Crippen molar-refractivity contribution in [3.8, 4) is 11.5 Å². The van der Waals surface area contributed by atoms with E-state index in [2.05, 4.69) is 5.32 Å². The van der Waals surface area contributed by atoms with Gasteiger partial charge in [-0.3, -0.25) is 9.59 Å². The second-order valence-corrected chi connectivity index (χ2v) is 6.59. The number of phenolic OH excluding ortho intramolecular Hbond substituents is 1. The van der Waals surface area contributed by atoms with Gasteiger partial charge in [0.25, 0.3) is 5.91 Å². The Balaban J connectivity index is 1.57. The van der Waals surface area contributed by atoms with Gasteiger partial charge in [0.2, 0.25) is 5.78 Å². The fraction of sp³-hybridized carbons (Fsp3) is 0. The van der Waals surface area contributed by atoms with Crippen LogP contribution in [-0.2, 0) is 0 Å². The number of Topliss-reactive ketones (excluding diaryl/α,β-unsaturated/α-hetero) is 1. The Kier molecular flexibility index (Phi) is 4.59. The average molecular weight is 392 g/mol. The summed E-state index contributed by atoms with van der Waals surface area (Å²) in [6.07, 6.45) is 1.59. The minimum absolute atomic E-state index is 0.0251. The van der Waals surface area contributed by atoms with E-state index in [1.807, 2.05) is 0 Å². The molecule has 0 radical (unpaired) electrons. The summed E-state index contributed by atoms with van der Waals surface area (Å²) in [5.74, 6) is -0.0985. The Morgan fingerprint density at radius 1 is 1.04 bits per heavy atom. The third kappa shape index (κ3) is 3.48. The molecule has 0 aromatic heterocycles. The van der Waals surface area contributed by atoms with E-state index >= 15 is 0 Å². The van der Waals surface area contributed by atoms with Gasteiger partial charge in [-0.15, -0.1) is 0 Å². The molecule has 1 aliphatic heterocycles. The first-order valence-electron chi connectivity index (χ1n) is 8.44. The molecule has 0 saturated carbocycles. The number of hydrogen-bond donors (Lipinski definition) is 2. The quantitative estimate of drug-likeness (QED) is 0.622. The lowest BCUT2D eigenvalue weighted by Gasteiger charge is -2.07. The van der Waals surface area contributed by atoms with E-state index in [0.717, 1.165) is 0 Å². The second-order valence-electron chi connectivity index (χ2n) is 6.18. The van der Waals surface area contributed by atoms with Gasteiger partial charge in [-0.1, -0.05) is 35.9 Å². The first-order valence-corrected chi connectivity index (χ1v) is 8.82. The van der Waals surface area contributed by atoms with Gasteiger partial charge in [0.15, 0.2) is 5.76 Å². The Hall–Kier alpha value is -3.57. The number of rotatable bonds is 3. The lowest BCUT2D eigenvalue weighted by molar-refractivity contribution is 0.101. The van der Waals surface area contributed by atoms with Crippen LogP contribution in [0.5, 0.6) is 11.5 Å². The SMILES string of the molecule is O=C(Nc1cccc(/C=C2/Oc3cc(O)ccc3C2=O)c1)c1ccccc1Cl. The number of hydrogen-bond acceptors (Lipinski definition) is 4. The predicted molar refractivity (Wildman–Crippen MR) is 107 cm³/mol. The normalized spacial score (nSPS) is 13.9. The molecule has 0 bridgehead atoms. The summed E-state index contributed by atoms with van der Waals surface area (Å²) < 4.78 is 5.56. The van der Waals surface area contributed by atoms with Crippen molar-refractivity contribution in [2.45, 2.75) is 0 Å². The van der Waals surface area contributed by atoms with Gasteiger partial charge >= 0.3 is 0 Å². The van der Waals surface area contributed by atoms with Gasteiger partial charge in [0, 0.05) is 11.8 Å². The first-order chi connectivity index (χ1) is 13.5. The molecule has 6 heteroatoms. The number of nitrogens with one attached hydrogen (secondary N) is 1. The maximum atomic E-state index is 12.4. The summed E-state index contributed by atoms with van der Waals surface area (Å²) in [4.78, 5) is 24.8. The minimum Gasteiger partial charge on any atom is -0.508 e. The zero-order chi connectivity index (χ0) is 19.7. The van der Waals surface area contributed by atoms with E-state index in [4.69, 9.17) is 16.3 Å². The number of aromatic hydroxyl groups is 1. The van der Waals surface area contributed by atoms with Gasteiger partial charge in [0.05, 0.1) is 16.1 Å². The number of anilines is 1. The van der Waals surface area contributed by atoms with Gasteiger partial charge in [0.1, 0.15) is 11.5 Å². The van der Waals surface area contributed by atoms with Crippen molar-refractivity contribution in [1.82, 2.24) is 0 Å². The van der Waals surface area contributed by atoms with Crippen LogP contribution in [0.15, 0.2) is 72.5 Å². The smallest absolute Gasteiger partial charge is 0.257 e. The number of carbonyl (C=O) groups is 2. The van der Waals surface area contributed by atoms with Crippen molar-refractivity contribution in [2.24, 2.45) is 0 Å². The standard InChI is InChI=1S/C22H14ClNO4/c23-18-7-2-1-6-16(18)22(27)24-14-5-3-4-13(10-14)11-20-21(26)17-9-8-15(25)12-19(17)28-20/h1-12,25H,(H,24,27)/b20-11+. The summed E-state index contributed by atoms with van der Waals surface area (Å²) in [6.45, 7) is 0. The van der Waals surface area contributed by atoms with E-state index in [9.17, 15) is 14.7 Å². The van der Waals surface area contributed by atoms with Crippen LogP contribution in [0, 0.1) is 0 Å². The number of ether oxygens (including phenoxy) is 1. The zero-order valence-corrected chi connectivity index (χ0v) is 15.2. The lowest BCUT2D eigenvalue weighted by Crippen LogP contribution is -2.12. The number of benzene rings is 3. The fourth-order valence-corrected chi connectivity index (χ4v) is 3.10. The summed E-state index contributed by atoms with van der Waals surface area (Å²) >= 11 is 6.06. The molecule has 4 rings (SSSR count). The second kappa shape index (κ2) is 7.21. The molecule has 1 amide bonds. The average Bonchev–Trinajstić information content (AvgIpc) is 2.97. The third-order valence-corrected chi connectivity index (χ3v) is 4.54. The van der Waals surface area contributed by atoms with Gasteiger partial charge in [-0.2, -0.15) is 0 Å². The van der Waals surface area contributed by atoms with Gasteiger partial charge in [-0.05, 0) is 48.0 Å². The molecule has 0 saturated heterocycles. The molecule has 0 unspecified atom stereocenters. The molecular formula is C22H14ClNO4. The number of fused-ring (bicyclic) bond motifs is 1. The van der Waals surface area contributed by atoms with E-state index in [-0.39, 0.29) is 23.2 Å². The van der Waals surface area contributed by atoms with Crippen LogP contribution >= 0.6 is 11.6 Å². The van der Waals surface area contributed by atoms with Crippen LogP contribution < -0.4 is 10.1 Å². The molecule has 5 nitrogen and oxygen atoms in total. The number of halogens is 1. The highest BCUT2D eigenvalue weighted by Crippen LogP contribution is 2.34. The third-order valence-electron chi connectivity index (χ3n) is 4.21. The van der Waals surface area contributed by atoms with Crippen LogP contribution in [-0.4, -0.2) is 16.8 Å². The summed E-state index contributed by atoms with van der Waals surface area (Å²) in [5, 5.41) is 12.7. The molecule has 1 heterocycles. The van der Waals surface area contributed by atoms with E-state index in [1.54, 1.807) is 54.6 Å². The maximum Gasteiger partial charge on any atom is 0.257 e. The molecule has 3 aromatic rings. The Morgan fingerprint density at radius 3 is 2.68 bits per heavy atom. The van der Waals surface area contributed by atoms with Crippen LogP contribution in [0.2, 0.25) is 5.02 Å². The largest absolute Gasteiger partial charge is 0.508 e. The summed E-state index contributed by atoms with van der Waals surface area (Å²) in [6, 6.07) is 18.1. The van der Waals surface area contributed by atoms with Crippen molar-refractivity contribution in [3.05, 3.63) is 94.2 Å². The molecule has 2 N–H and O–H groups in total. The molecule has 3 aromatic carbocycles. The highest BCUT2D eigenvalue weighted by atomic mass is 35.5. The number of amides is 1. The molecular weight excluding hydrogens is 378 g/mol. The van der Waals surface area contributed by atoms with Crippen molar-refractivity contribution in [2.75, 3.05) is 5.32 Å². The highest BCUT2D eigenvalue weighted by Gasteiger charge is 2.27. The summed E-state index contributed by atoms with van der Waals surface area (Å²) in [5.41, 5.74) is 2.00. The van der Waals surface area contributed by atoms with Crippen LogP contribution in [0.4, 0.5) is 5.69 Å². The minimum atomic E-state index is -0.327. The first kappa shape index (κ1) is 17.8. The molecule has 0 fully saturated rings. The van der Waals surface area contributed by atoms with Crippen LogP contribution in [0.25, 0.3) is 6.08 Å². The van der Waals surface area contributed by atoms with E-state index in [1.165, 1.54) is 18.2 Å². The van der Waals surface area contributed by atoms with Crippen molar-refractivity contribution >= 4 is 35.1 Å². The fourth-order valence-electron chi connectivity index (χ4n) is 2.88. The molecule has 28 heavy (non-hydrogen) atoms. The Labute approximate surface area is 165 Å². The van der Waals surface area contributed by atoms with Gasteiger partial charge < -0.3 is 15.2 Å². The van der Waals surface area contributed by atoms with Crippen molar-refractivity contribution < 1.29 is 19.4 Å². The molecule has 0 spiro atoms. The Bertz CT molecular complexity index is 1140. The number of ketones is 1. The molecule has 0 aliphatic carbocycles. The monoisotopic (exact) mass is 391 g/mol. The molecule has 138 valence electrons. The molecule has 1 aliphatic rings. The number of carbonyl (C=O) groups excluding carboxylic acids is 2. The maximum absolute atomic E-state index is 12.4. The molecule has 0 atom stereocenters. The van der Waals surface area contributed by atoms with Gasteiger partial charge in [-0.25, -0.2) is 0 Å². The van der Waals surface area contributed by atoms with E-state index in [0.29, 0.717) is 33.1 Å². The van der Waals surface area contributed by atoms with E-state index < -0.39 is 0 Å². The van der Waals surface area contributed by atoms with Crippen LogP contribution in [0.1, 0.15) is 26.3 Å². The highest BCUT2D eigenvalue weighted by molar-refractivity contribution is 6.34. The topological polar surface area (TPSA) is 75.6 Å². The van der Waals surface area contributed by atoms with Crippen molar-refractivity contribution in [3.63, 3.8) is 0 Å². The number of allylic oxidation sites excluding steroid dienone is 1. The lowest BCUT2D eigenvalue weighted by atomic mass is 10.1. The number of phenols is 1. The van der Waals surface area contributed by atoms with Crippen molar-refractivity contribution in [1.29, 1.82) is 0 Å². The zero-order valence-electron chi connectivity index (χ0n) is 14.5. The Morgan fingerprint density at radius 2 is 1.86 bits per heavy atom. The predicted octanol–water partition coefficient (Wildman–Crippen LogP) is 4.91.